The van der Waals surface area contributed by atoms with Crippen molar-refractivity contribution in [1.82, 2.24) is 14.1 Å². The number of nitrogens with zero attached hydrogens (tertiary/aromatic N) is 3. The molecule has 2 aliphatic heterocycles. The fraction of sp³-hybridized carbons (Fsp3) is 0.500. The summed E-state index contributed by atoms with van der Waals surface area (Å²) in [5.74, 6) is 0.707. The molecule has 2 fully saturated rings. The number of amides is 1. The molecule has 2 aliphatic rings. The summed E-state index contributed by atoms with van der Waals surface area (Å²) in [6.45, 7) is 5.20. The topological polar surface area (TPSA) is 70.2 Å². The van der Waals surface area contributed by atoms with Crippen LogP contribution in [-0.4, -0.2) is 80.9 Å². The molecule has 3 heterocycles. The predicted octanol–water partition coefficient (Wildman–Crippen LogP) is 2.37. The van der Waals surface area contributed by atoms with Gasteiger partial charge in [-0.05, 0) is 36.4 Å². The van der Waals surface area contributed by atoms with E-state index in [1.807, 2.05) is 35.2 Å². The molecule has 0 radical (unpaired) electrons. The Balaban J connectivity index is 1.24. The summed E-state index contributed by atoms with van der Waals surface area (Å²) in [5, 5.41) is 1.77. The van der Waals surface area contributed by atoms with E-state index < -0.39 is 10.0 Å². The van der Waals surface area contributed by atoms with E-state index in [1.54, 1.807) is 17.5 Å². The zero-order valence-corrected chi connectivity index (χ0v) is 19.2. The van der Waals surface area contributed by atoms with Crippen LogP contribution in [0.3, 0.4) is 0 Å². The molecular formula is C22H29N3O4S2. The Labute approximate surface area is 188 Å². The Kier molecular flexibility index (Phi) is 7.27. The Morgan fingerprint density at radius 1 is 1.03 bits per heavy atom. The molecule has 9 heteroatoms. The van der Waals surface area contributed by atoms with Crippen LogP contribution in [0.25, 0.3) is 0 Å². The monoisotopic (exact) mass is 463 g/mol. The summed E-state index contributed by atoms with van der Waals surface area (Å²) in [6, 6.07) is 13.1. The van der Waals surface area contributed by atoms with E-state index >= 15 is 0 Å². The molecule has 2 saturated heterocycles. The first-order chi connectivity index (χ1) is 15.0. The molecule has 0 unspecified atom stereocenters. The minimum absolute atomic E-state index is 0.0891. The highest BCUT2D eigenvalue weighted by Crippen LogP contribution is 2.27. The van der Waals surface area contributed by atoms with E-state index in [2.05, 4.69) is 4.90 Å². The van der Waals surface area contributed by atoms with Gasteiger partial charge in [0.05, 0.1) is 5.92 Å². The first-order valence-electron chi connectivity index (χ1n) is 10.8. The lowest BCUT2D eigenvalue weighted by Gasteiger charge is -2.38. The maximum absolute atomic E-state index is 13.1. The van der Waals surface area contributed by atoms with E-state index in [0.717, 1.165) is 38.2 Å². The smallest absolute Gasteiger partial charge is 0.252 e. The SMILES string of the molecule is O=C([C@@H]1CCCN(S(=O)(=O)c2cccs2)C1)N1CCN(CCOc2ccccc2)CC1. The fourth-order valence-electron chi connectivity index (χ4n) is 4.16. The Morgan fingerprint density at radius 2 is 1.81 bits per heavy atom. The van der Waals surface area contributed by atoms with Crippen molar-refractivity contribution in [3.8, 4) is 5.75 Å². The van der Waals surface area contributed by atoms with Gasteiger partial charge in [0.15, 0.2) is 0 Å². The molecule has 0 aliphatic carbocycles. The lowest BCUT2D eigenvalue weighted by atomic mass is 9.98. The van der Waals surface area contributed by atoms with E-state index in [0.29, 0.717) is 30.5 Å². The van der Waals surface area contributed by atoms with Gasteiger partial charge in [-0.15, -0.1) is 11.3 Å². The minimum atomic E-state index is -3.50. The van der Waals surface area contributed by atoms with Crippen molar-refractivity contribution in [2.45, 2.75) is 17.1 Å². The second-order valence-electron chi connectivity index (χ2n) is 7.96. The van der Waals surface area contributed by atoms with Gasteiger partial charge in [-0.2, -0.15) is 4.31 Å². The Hall–Kier alpha value is -1.94. The van der Waals surface area contributed by atoms with Gasteiger partial charge >= 0.3 is 0 Å². The number of rotatable bonds is 7. The first kappa shape index (κ1) is 22.3. The van der Waals surface area contributed by atoms with Crippen LogP contribution in [0.15, 0.2) is 52.1 Å². The summed E-state index contributed by atoms with van der Waals surface area (Å²) >= 11 is 1.23. The van der Waals surface area contributed by atoms with Crippen LogP contribution in [0.5, 0.6) is 5.75 Å². The molecule has 1 amide bonds. The predicted molar refractivity (Wildman–Crippen MR) is 121 cm³/mol. The second-order valence-corrected chi connectivity index (χ2v) is 11.1. The van der Waals surface area contributed by atoms with Crippen LogP contribution in [0, 0.1) is 5.92 Å². The summed E-state index contributed by atoms with van der Waals surface area (Å²) in [6.07, 6.45) is 1.47. The zero-order chi connectivity index (χ0) is 21.7. The second kappa shape index (κ2) is 10.1. The van der Waals surface area contributed by atoms with Gasteiger partial charge < -0.3 is 9.64 Å². The number of piperazine rings is 1. The van der Waals surface area contributed by atoms with Gasteiger partial charge in [-0.3, -0.25) is 9.69 Å². The van der Waals surface area contributed by atoms with Crippen molar-refractivity contribution >= 4 is 27.3 Å². The third-order valence-electron chi connectivity index (χ3n) is 5.93. The number of benzene rings is 1. The van der Waals surface area contributed by atoms with E-state index in [-0.39, 0.29) is 18.4 Å². The minimum Gasteiger partial charge on any atom is -0.492 e. The van der Waals surface area contributed by atoms with Gasteiger partial charge in [0.25, 0.3) is 10.0 Å². The molecule has 1 atom stereocenters. The molecule has 0 spiro atoms. The van der Waals surface area contributed by atoms with Crippen LogP contribution in [-0.2, 0) is 14.8 Å². The van der Waals surface area contributed by atoms with Crippen LogP contribution < -0.4 is 4.74 Å². The molecule has 2 aromatic rings. The standard InChI is InChI=1S/C22H29N3O4S2/c26-22(19-6-4-10-25(18-19)31(27,28)21-9-5-17-30-21)24-13-11-23(12-14-24)15-16-29-20-7-2-1-3-8-20/h1-3,5,7-9,17,19H,4,6,10-16,18H2/t19-/m1/s1. The third kappa shape index (κ3) is 5.46. The molecule has 168 valence electrons. The molecule has 7 nitrogen and oxygen atoms in total. The summed E-state index contributed by atoms with van der Waals surface area (Å²) in [7, 11) is -3.50. The van der Waals surface area contributed by atoms with Gasteiger partial charge in [0, 0.05) is 45.8 Å². The normalized spacial score (nSPS) is 21.2. The van der Waals surface area contributed by atoms with Gasteiger partial charge in [-0.1, -0.05) is 24.3 Å². The van der Waals surface area contributed by atoms with Crippen LogP contribution in [0.1, 0.15) is 12.8 Å². The average molecular weight is 464 g/mol. The van der Waals surface area contributed by atoms with Crippen molar-refractivity contribution in [2.24, 2.45) is 5.92 Å². The molecule has 0 bridgehead atoms. The van der Waals surface area contributed by atoms with Gasteiger partial charge in [0.2, 0.25) is 5.91 Å². The summed E-state index contributed by atoms with van der Waals surface area (Å²) in [5.41, 5.74) is 0. The fourth-order valence-corrected chi connectivity index (χ4v) is 6.83. The van der Waals surface area contributed by atoms with E-state index in [4.69, 9.17) is 4.74 Å². The quantitative estimate of drug-likeness (QED) is 0.631. The zero-order valence-electron chi connectivity index (χ0n) is 17.6. The number of thiophene rings is 1. The van der Waals surface area contributed by atoms with Crippen molar-refractivity contribution in [2.75, 3.05) is 52.4 Å². The summed E-state index contributed by atoms with van der Waals surface area (Å²) in [4.78, 5) is 17.3. The first-order valence-corrected chi connectivity index (χ1v) is 13.1. The number of ether oxygens (including phenoxy) is 1. The molecular weight excluding hydrogens is 434 g/mol. The number of hydrogen-bond donors (Lipinski definition) is 0. The van der Waals surface area contributed by atoms with E-state index in [9.17, 15) is 13.2 Å². The number of piperidine rings is 1. The highest BCUT2D eigenvalue weighted by Gasteiger charge is 2.36. The summed E-state index contributed by atoms with van der Waals surface area (Å²) < 4.78 is 33.3. The molecule has 1 aromatic carbocycles. The van der Waals surface area contributed by atoms with Crippen LogP contribution in [0.2, 0.25) is 0 Å². The largest absolute Gasteiger partial charge is 0.492 e. The molecule has 1 aromatic heterocycles. The number of carbonyl (C=O) groups is 1. The highest BCUT2D eigenvalue weighted by molar-refractivity contribution is 7.91. The number of sulfonamides is 1. The lowest BCUT2D eigenvalue weighted by Crippen LogP contribution is -2.53. The molecule has 0 saturated carbocycles. The number of para-hydroxylation sites is 1. The molecule has 0 N–H and O–H groups in total. The van der Waals surface area contributed by atoms with Crippen LogP contribution in [0.4, 0.5) is 0 Å². The van der Waals surface area contributed by atoms with Crippen molar-refractivity contribution in [3.63, 3.8) is 0 Å². The number of carbonyl (C=O) groups excluding carboxylic acids is 1. The van der Waals surface area contributed by atoms with Crippen molar-refractivity contribution in [1.29, 1.82) is 0 Å². The molecule has 31 heavy (non-hydrogen) atoms. The maximum Gasteiger partial charge on any atom is 0.252 e. The van der Waals surface area contributed by atoms with Crippen LogP contribution >= 0.6 is 11.3 Å². The average Bonchev–Trinajstić information content (AvgIpc) is 3.36. The Bertz CT molecular complexity index is 942. The number of hydrogen-bond acceptors (Lipinski definition) is 6. The molecule has 4 rings (SSSR count). The highest BCUT2D eigenvalue weighted by atomic mass is 32.2. The maximum atomic E-state index is 13.1. The van der Waals surface area contributed by atoms with Crippen molar-refractivity contribution in [3.05, 3.63) is 47.8 Å². The Morgan fingerprint density at radius 3 is 2.52 bits per heavy atom. The van der Waals surface area contributed by atoms with Crippen molar-refractivity contribution < 1.29 is 17.9 Å². The van der Waals surface area contributed by atoms with E-state index in [1.165, 1.54) is 15.6 Å². The third-order valence-corrected chi connectivity index (χ3v) is 9.16. The lowest BCUT2D eigenvalue weighted by molar-refractivity contribution is -0.138. The van der Waals surface area contributed by atoms with Gasteiger partial charge in [-0.25, -0.2) is 8.42 Å². The van der Waals surface area contributed by atoms with Gasteiger partial charge in [0.1, 0.15) is 16.6 Å².